The summed E-state index contributed by atoms with van der Waals surface area (Å²) in [6.45, 7) is 4.59. The number of fused-ring (bicyclic) bond motifs is 1. The molecule has 4 nitrogen and oxygen atoms in total. The van der Waals surface area contributed by atoms with Crippen molar-refractivity contribution in [3.63, 3.8) is 0 Å². The number of halogens is 1. The van der Waals surface area contributed by atoms with Crippen LogP contribution in [0.15, 0.2) is 51.7 Å². The molecule has 0 aliphatic rings. The average Bonchev–Trinajstić information content (AvgIpc) is 2.55. The van der Waals surface area contributed by atoms with Crippen LogP contribution in [0.1, 0.15) is 19.2 Å². The second-order valence-corrected chi connectivity index (χ2v) is 6.22. The van der Waals surface area contributed by atoms with Crippen LogP contribution in [0.3, 0.4) is 0 Å². The van der Waals surface area contributed by atoms with Gasteiger partial charge in [0.05, 0.1) is 23.2 Å². The summed E-state index contributed by atoms with van der Waals surface area (Å²) in [5.41, 5.74) is 1.41. The van der Waals surface area contributed by atoms with E-state index in [2.05, 4.69) is 27.8 Å². The van der Waals surface area contributed by atoms with Gasteiger partial charge in [0.1, 0.15) is 11.6 Å². The molecule has 0 saturated carbocycles. The molecule has 0 fully saturated rings. The number of rotatable bonds is 4. The van der Waals surface area contributed by atoms with Gasteiger partial charge in [-0.2, -0.15) is 0 Å². The van der Waals surface area contributed by atoms with Gasteiger partial charge in [0.25, 0.3) is 5.56 Å². The van der Waals surface area contributed by atoms with Gasteiger partial charge in [0.15, 0.2) is 0 Å². The largest absolute Gasteiger partial charge is 0.494 e. The number of nitrogens with zero attached hydrogens (tertiary/aromatic N) is 2. The van der Waals surface area contributed by atoms with Crippen molar-refractivity contribution in [2.24, 2.45) is 0 Å². The lowest BCUT2D eigenvalue weighted by molar-refractivity contribution is 0.317. The summed E-state index contributed by atoms with van der Waals surface area (Å²) in [6, 6.07) is 13.1. The van der Waals surface area contributed by atoms with E-state index in [4.69, 9.17) is 4.74 Å². The third kappa shape index (κ3) is 3.15. The lowest BCUT2D eigenvalue weighted by atomic mass is 10.2. The van der Waals surface area contributed by atoms with E-state index in [0.29, 0.717) is 23.3 Å². The zero-order chi connectivity index (χ0) is 16.4. The van der Waals surface area contributed by atoms with Gasteiger partial charge in [-0.25, -0.2) is 4.98 Å². The Bertz CT molecular complexity index is 901. The zero-order valence-electron chi connectivity index (χ0n) is 13.0. The second-order valence-electron chi connectivity index (χ2n) is 5.30. The van der Waals surface area contributed by atoms with Gasteiger partial charge in [0.2, 0.25) is 0 Å². The van der Waals surface area contributed by atoms with Crippen molar-refractivity contribution in [1.82, 2.24) is 9.55 Å². The van der Waals surface area contributed by atoms with Crippen LogP contribution in [0.4, 0.5) is 0 Å². The summed E-state index contributed by atoms with van der Waals surface area (Å²) in [5.74, 6) is 1.46. The van der Waals surface area contributed by atoms with E-state index in [1.165, 1.54) is 0 Å². The normalized spacial score (nSPS) is 10.9. The van der Waals surface area contributed by atoms with Gasteiger partial charge in [-0.05, 0) is 55.8 Å². The van der Waals surface area contributed by atoms with Crippen molar-refractivity contribution in [1.29, 1.82) is 0 Å². The first-order chi connectivity index (χ1) is 11.1. The monoisotopic (exact) mass is 372 g/mol. The Morgan fingerprint density at radius 3 is 2.61 bits per heavy atom. The van der Waals surface area contributed by atoms with Gasteiger partial charge in [0, 0.05) is 4.47 Å². The Hall–Kier alpha value is -2.14. The van der Waals surface area contributed by atoms with Gasteiger partial charge in [-0.3, -0.25) is 9.36 Å². The molecule has 23 heavy (non-hydrogen) atoms. The SMILES string of the molecule is CCCOc1ccc(-n2c(C)nc3ccc(Br)cc3c2=O)cc1. The lowest BCUT2D eigenvalue weighted by Gasteiger charge is -2.12. The molecule has 0 N–H and O–H groups in total. The summed E-state index contributed by atoms with van der Waals surface area (Å²) in [5, 5.41) is 0.594. The van der Waals surface area contributed by atoms with Gasteiger partial charge < -0.3 is 4.74 Å². The standard InChI is InChI=1S/C18H17BrN2O2/c1-3-10-23-15-7-5-14(6-8-15)21-12(2)20-17-9-4-13(19)11-16(17)18(21)22/h4-9,11H,3,10H2,1-2H3. The van der Waals surface area contributed by atoms with Gasteiger partial charge in [-0.15, -0.1) is 0 Å². The number of aryl methyl sites for hydroxylation is 1. The van der Waals surface area contributed by atoms with Crippen LogP contribution in [-0.2, 0) is 0 Å². The highest BCUT2D eigenvalue weighted by atomic mass is 79.9. The van der Waals surface area contributed by atoms with E-state index in [-0.39, 0.29) is 5.56 Å². The highest BCUT2D eigenvalue weighted by Gasteiger charge is 2.10. The molecule has 118 valence electrons. The first-order valence-electron chi connectivity index (χ1n) is 7.52. The molecule has 0 aliphatic heterocycles. The van der Waals surface area contributed by atoms with Crippen molar-refractivity contribution < 1.29 is 4.74 Å². The summed E-state index contributed by atoms with van der Waals surface area (Å²) in [7, 11) is 0. The van der Waals surface area contributed by atoms with Crippen LogP contribution < -0.4 is 10.3 Å². The smallest absolute Gasteiger partial charge is 0.265 e. The summed E-state index contributed by atoms with van der Waals surface area (Å²) in [4.78, 5) is 17.4. The molecule has 0 aliphatic carbocycles. The molecule has 0 unspecified atom stereocenters. The average molecular weight is 373 g/mol. The molecule has 0 spiro atoms. The lowest BCUT2D eigenvalue weighted by Crippen LogP contribution is -2.22. The minimum absolute atomic E-state index is 0.0731. The van der Waals surface area contributed by atoms with Crippen LogP contribution >= 0.6 is 15.9 Å². The molecular formula is C18H17BrN2O2. The first-order valence-corrected chi connectivity index (χ1v) is 8.31. The predicted molar refractivity (Wildman–Crippen MR) is 95.6 cm³/mol. The third-order valence-corrected chi connectivity index (χ3v) is 4.06. The third-order valence-electron chi connectivity index (χ3n) is 3.57. The maximum atomic E-state index is 12.8. The van der Waals surface area contributed by atoms with Gasteiger partial charge in [-0.1, -0.05) is 22.9 Å². The van der Waals surface area contributed by atoms with E-state index >= 15 is 0 Å². The number of aromatic nitrogens is 2. The Morgan fingerprint density at radius 1 is 1.17 bits per heavy atom. The fourth-order valence-electron chi connectivity index (χ4n) is 2.48. The number of benzene rings is 2. The van der Waals surface area contributed by atoms with E-state index in [0.717, 1.165) is 22.3 Å². The Balaban J connectivity index is 2.10. The topological polar surface area (TPSA) is 44.1 Å². The van der Waals surface area contributed by atoms with Crippen LogP contribution in [0.25, 0.3) is 16.6 Å². The van der Waals surface area contributed by atoms with Crippen molar-refractivity contribution >= 4 is 26.8 Å². The first kappa shape index (κ1) is 15.7. The minimum atomic E-state index is -0.0731. The van der Waals surface area contributed by atoms with E-state index in [1.807, 2.05) is 43.3 Å². The van der Waals surface area contributed by atoms with Crippen molar-refractivity contribution in [3.05, 3.63) is 63.1 Å². The molecule has 0 amide bonds. The molecule has 1 aromatic heterocycles. The van der Waals surface area contributed by atoms with Gasteiger partial charge >= 0.3 is 0 Å². The Morgan fingerprint density at radius 2 is 1.91 bits per heavy atom. The maximum Gasteiger partial charge on any atom is 0.265 e. The van der Waals surface area contributed by atoms with Crippen molar-refractivity contribution in [3.8, 4) is 11.4 Å². The fourth-order valence-corrected chi connectivity index (χ4v) is 2.85. The summed E-state index contributed by atoms with van der Waals surface area (Å²) < 4.78 is 8.07. The molecule has 3 aromatic rings. The molecule has 0 saturated heterocycles. The van der Waals surface area contributed by atoms with E-state index in [9.17, 15) is 4.79 Å². The van der Waals surface area contributed by atoms with Crippen molar-refractivity contribution in [2.45, 2.75) is 20.3 Å². The van der Waals surface area contributed by atoms with Crippen LogP contribution in [0, 0.1) is 6.92 Å². The Labute approximate surface area is 142 Å². The molecule has 1 heterocycles. The van der Waals surface area contributed by atoms with Crippen LogP contribution in [-0.4, -0.2) is 16.2 Å². The summed E-state index contributed by atoms with van der Waals surface area (Å²) in [6.07, 6.45) is 0.962. The molecule has 3 rings (SSSR count). The van der Waals surface area contributed by atoms with E-state index in [1.54, 1.807) is 10.6 Å². The number of hydrogen-bond acceptors (Lipinski definition) is 3. The molecule has 2 aromatic carbocycles. The summed E-state index contributed by atoms with van der Waals surface area (Å²) >= 11 is 3.41. The zero-order valence-corrected chi connectivity index (χ0v) is 14.6. The second kappa shape index (κ2) is 6.54. The fraction of sp³-hybridized carbons (Fsp3) is 0.222. The number of ether oxygens (including phenoxy) is 1. The minimum Gasteiger partial charge on any atom is -0.494 e. The number of hydrogen-bond donors (Lipinski definition) is 0. The maximum absolute atomic E-state index is 12.8. The Kier molecular flexibility index (Phi) is 4.48. The molecule has 0 radical (unpaired) electrons. The molecule has 0 bridgehead atoms. The highest BCUT2D eigenvalue weighted by Crippen LogP contribution is 2.19. The van der Waals surface area contributed by atoms with Crippen molar-refractivity contribution in [2.75, 3.05) is 6.61 Å². The van der Waals surface area contributed by atoms with Crippen LogP contribution in [0.2, 0.25) is 0 Å². The highest BCUT2D eigenvalue weighted by molar-refractivity contribution is 9.10. The quantitative estimate of drug-likeness (QED) is 0.687. The van der Waals surface area contributed by atoms with Crippen LogP contribution in [0.5, 0.6) is 5.75 Å². The predicted octanol–water partition coefficient (Wildman–Crippen LogP) is 4.25. The van der Waals surface area contributed by atoms with E-state index < -0.39 is 0 Å². The molecule has 0 atom stereocenters. The molecule has 5 heteroatoms. The molecular weight excluding hydrogens is 356 g/mol.